The summed E-state index contributed by atoms with van der Waals surface area (Å²) in [6, 6.07) is 15.0. The molecule has 2 N–H and O–H groups in total. The number of piperazine rings is 1. The van der Waals surface area contributed by atoms with Gasteiger partial charge in [0.2, 0.25) is 11.8 Å². The van der Waals surface area contributed by atoms with Crippen LogP contribution in [-0.2, 0) is 16.1 Å². The molecule has 0 spiro atoms. The molecule has 0 saturated carbocycles. The number of carbonyl (C=O) groups is 2. The van der Waals surface area contributed by atoms with E-state index in [1.165, 1.54) is 0 Å². The number of methoxy groups -OCH3 is 2. The van der Waals surface area contributed by atoms with E-state index in [1.54, 1.807) is 20.3 Å². The van der Waals surface area contributed by atoms with Gasteiger partial charge in [0.15, 0.2) is 11.5 Å². The van der Waals surface area contributed by atoms with Gasteiger partial charge >= 0.3 is 0 Å². The van der Waals surface area contributed by atoms with Crippen LogP contribution in [0.25, 0.3) is 6.08 Å². The monoisotopic (exact) mass is 423 g/mol. The standard InChI is InChI=1S/C24H29N3O4/c1-30-21-12-6-11-19(23(21)31-2)17-26-22(28)16-20-24(29)25-13-15-27(20)14-7-10-18-8-4-3-5-9-18/h3-12,20H,13-17H2,1-2H3,(H,25,29)(H,26,28)/b10-7+. The van der Waals surface area contributed by atoms with Crippen molar-refractivity contribution >= 4 is 17.9 Å². The molecule has 1 aliphatic rings. The molecular formula is C24H29N3O4. The number of para-hydroxylation sites is 1. The first-order chi connectivity index (χ1) is 15.1. The average molecular weight is 424 g/mol. The fourth-order valence-corrected chi connectivity index (χ4v) is 3.63. The van der Waals surface area contributed by atoms with Crippen molar-refractivity contribution in [3.63, 3.8) is 0 Å². The molecule has 2 amide bonds. The quantitative estimate of drug-likeness (QED) is 0.647. The number of rotatable bonds is 9. The second-order valence-corrected chi connectivity index (χ2v) is 7.25. The van der Waals surface area contributed by atoms with E-state index in [4.69, 9.17) is 9.47 Å². The highest BCUT2D eigenvalue weighted by atomic mass is 16.5. The number of nitrogens with zero attached hydrogens (tertiary/aromatic N) is 1. The van der Waals surface area contributed by atoms with Gasteiger partial charge in [-0.25, -0.2) is 0 Å². The van der Waals surface area contributed by atoms with Crippen LogP contribution in [0.5, 0.6) is 11.5 Å². The molecule has 1 heterocycles. The first kappa shape index (κ1) is 22.4. The molecule has 31 heavy (non-hydrogen) atoms. The molecule has 1 saturated heterocycles. The maximum Gasteiger partial charge on any atom is 0.237 e. The average Bonchev–Trinajstić information content (AvgIpc) is 2.80. The van der Waals surface area contributed by atoms with E-state index in [1.807, 2.05) is 59.5 Å². The van der Waals surface area contributed by atoms with Crippen LogP contribution in [0.3, 0.4) is 0 Å². The van der Waals surface area contributed by atoms with Gasteiger partial charge < -0.3 is 20.1 Å². The number of amides is 2. The summed E-state index contributed by atoms with van der Waals surface area (Å²) in [5, 5.41) is 5.76. The van der Waals surface area contributed by atoms with Gasteiger partial charge in [0.25, 0.3) is 0 Å². The molecule has 1 fully saturated rings. The first-order valence-corrected chi connectivity index (χ1v) is 10.3. The van der Waals surface area contributed by atoms with Crippen molar-refractivity contribution in [2.24, 2.45) is 0 Å². The van der Waals surface area contributed by atoms with Gasteiger partial charge in [-0.1, -0.05) is 54.6 Å². The number of nitrogens with one attached hydrogen (secondary N) is 2. The van der Waals surface area contributed by atoms with E-state index in [-0.39, 0.29) is 18.2 Å². The highest BCUT2D eigenvalue weighted by Gasteiger charge is 2.30. The van der Waals surface area contributed by atoms with Crippen molar-refractivity contribution in [1.82, 2.24) is 15.5 Å². The second kappa shape index (κ2) is 11.2. The Morgan fingerprint density at radius 2 is 1.97 bits per heavy atom. The molecule has 1 aliphatic heterocycles. The van der Waals surface area contributed by atoms with Crippen molar-refractivity contribution < 1.29 is 19.1 Å². The molecule has 2 aromatic carbocycles. The van der Waals surface area contributed by atoms with Crippen LogP contribution in [0.1, 0.15) is 17.5 Å². The van der Waals surface area contributed by atoms with E-state index in [2.05, 4.69) is 10.6 Å². The number of hydrogen-bond acceptors (Lipinski definition) is 5. The Kier molecular flexibility index (Phi) is 8.06. The Morgan fingerprint density at radius 3 is 2.71 bits per heavy atom. The normalized spacial score (nSPS) is 16.7. The summed E-state index contributed by atoms with van der Waals surface area (Å²) in [6.07, 6.45) is 4.15. The number of carbonyl (C=O) groups excluding carboxylic acids is 2. The lowest BCUT2D eigenvalue weighted by molar-refractivity contribution is -0.133. The molecular weight excluding hydrogens is 394 g/mol. The molecule has 0 aromatic heterocycles. The van der Waals surface area contributed by atoms with Crippen molar-refractivity contribution in [2.75, 3.05) is 33.9 Å². The minimum atomic E-state index is -0.499. The highest BCUT2D eigenvalue weighted by molar-refractivity contribution is 5.88. The Labute approximate surface area is 183 Å². The number of benzene rings is 2. The number of hydrogen-bond donors (Lipinski definition) is 2. The summed E-state index contributed by atoms with van der Waals surface area (Å²) in [5.74, 6) is 0.892. The molecule has 1 atom stereocenters. The lowest BCUT2D eigenvalue weighted by atomic mass is 10.1. The van der Waals surface area contributed by atoms with Gasteiger partial charge in [0.1, 0.15) is 0 Å². The summed E-state index contributed by atoms with van der Waals surface area (Å²) in [7, 11) is 3.14. The largest absolute Gasteiger partial charge is 0.493 e. The Morgan fingerprint density at radius 1 is 1.16 bits per heavy atom. The van der Waals surface area contributed by atoms with Crippen LogP contribution >= 0.6 is 0 Å². The molecule has 0 radical (unpaired) electrons. The van der Waals surface area contributed by atoms with Gasteiger partial charge in [-0.2, -0.15) is 0 Å². The van der Waals surface area contributed by atoms with Crippen LogP contribution in [0.4, 0.5) is 0 Å². The molecule has 7 nitrogen and oxygen atoms in total. The molecule has 1 unspecified atom stereocenters. The number of ether oxygens (including phenoxy) is 2. The molecule has 2 aromatic rings. The van der Waals surface area contributed by atoms with Crippen LogP contribution in [-0.4, -0.2) is 56.6 Å². The van der Waals surface area contributed by atoms with E-state index in [0.29, 0.717) is 37.7 Å². The van der Waals surface area contributed by atoms with Crippen molar-refractivity contribution in [3.8, 4) is 11.5 Å². The minimum absolute atomic E-state index is 0.0945. The summed E-state index contributed by atoms with van der Waals surface area (Å²) < 4.78 is 10.7. The van der Waals surface area contributed by atoms with Crippen LogP contribution in [0.15, 0.2) is 54.6 Å². The molecule has 164 valence electrons. The van der Waals surface area contributed by atoms with Crippen LogP contribution in [0.2, 0.25) is 0 Å². The van der Waals surface area contributed by atoms with Crippen LogP contribution < -0.4 is 20.1 Å². The van der Waals surface area contributed by atoms with Gasteiger partial charge in [0, 0.05) is 31.7 Å². The molecule has 3 rings (SSSR count). The van der Waals surface area contributed by atoms with E-state index < -0.39 is 6.04 Å². The van der Waals surface area contributed by atoms with E-state index in [9.17, 15) is 9.59 Å². The summed E-state index contributed by atoms with van der Waals surface area (Å²) >= 11 is 0. The Balaban J connectivity index is 1.59. The summed E-state index contributed by atoms with van der Waals surface area (Å²) in [5.41, 5.74) is 1.91. The van der Waals surface area contributed by atoms with Gasteiger partial charge in [-0.05, 0) is 11.6 Å². The molecule has 7 heteroatoms. The predicted molar refractivity (Wildman–Crippen MR) is 120 cm³/mol. The van der Waals surface area contributed by atoms with Gasteiger partial charge in [0.05, 0.1) is 26.7 Å². The fourth-order valence-electron chi connectivity index (χ4n) is 3.63. The predicted octanol–water partition coefficient (Wildman–Crippen LogP) is 2.22. The lowest BCUT2D eigenvalue weighted by Crippen LogP contribution is -2.56. The van der Waals surface area contributed by atoms with E-state index >= 15 is 0 Å². The SMILES string of the molecule is COc1cccc(CNC(=O)CC2C(=O)NCCN2C/C=C/c2ccccc2)c1OC. The zero-order chi connectivity index (χ0) is 22.1. The second-order valence-electron chi connectivity index (χ2n) is 7.25. The fraction of sp³-hybridized carbons (Fsp3) is 0.333. The van der Waals surface area contributed by atoms with Crippen molar-refractivity contribution in [1.29, 1.82) is 0 Å². The zero-order valence-corrected chi connectivity index (χ0v) is 18.0. The zero-order valence-electron chi connectivity index (χ0n) is 18.0. The van der Waals surface area contributed by atoms with Crippen molar-refractivity contribution in [3.05, 3.63) is 65.7 Å². The van der Waals surface area contributed by atoms with Gasteiger partial charge in [-0.15, -0.1) is 0 Å². The van der Waals surface area contributed by atoms with Crippen LogP contribution in [0, 0.1) is 0 Å². The minimum Gasteiger partial charge on any atom is -0.493 e. The lowest BCUT2D eigenvalue weighted by Gasteiger charge is -2.33. The topological polar surface area (TPSA) is 79.9 Å². The maximum atomic E-state index is 12.6. The van der Waals surface area contributed by atoms with E-state index in [0.717, 1.165) is 11.1 Å². The third-order valence-corrected chi connectivity index (χ3v) is 5.23. The summed E-state index contributed by atoms with van der Waals surface area (Å²) in [4.78, 5) is 27.1. The van der Waals surface area contributed by atoms with Crippen molar-refractivity contribution in [2.45, 2.75) is 19.0 Å². The highest BCUT2D eigenvalue weighted by Crippen LogP contribution is 2.30. The third-order valence-electron chi connectivity index (χ3n) is 5.23. The Hall–Kier alpha value is -3.32. The Bertz CT molecular complexity index is 914. The maximum absolute atomic E-state index is 12.6. The first-order valence-electron chi connectivity index (χ1n) is 10.3. The third kappa shape index (κ3) is 6.08. The molecule has 0 aliphatic carbocycles. The summed E-state index contributed by atoms with van der Waals surface area (Å²) in [6.45, 7) is 2.18. The molecule has 0 bridgehead atoms. The van der Waals surface area contributed by atoms with Gasteiger partial charge in [-0.3, -0.25) is 14.5 Å². The smallest absolute Gasteiger partial charge is 0.237 e.